The van der Waals surface area contributed by atoms with Crippen LogP contribution in [0.15, 0.2) is 0 Å². The largest absolute Gasteiger partial charge is 0.343 e. The molecule has 2 aliphatic rings. The van der Waals surface area contributed by atoms with Gasteiger partial charge in [-0.05, 0) is 31.2 Å². The van der Waals surface area contributed by atoms with Gasteiger partial charge in [-0.2, -0.15) is 0 Å². The summed E-state index contributed by atoms with van der Waals surface area (Å²) in [6.45, 7) is 8.67. The quantitative estimate of drug-likeness (QED) is 0.711. The lowest BCUT2D eigenvalue weighted by atomic mass is 9.72. The Bertz CT molecular complexity index is 259. The van der Waals surface area contributed by atoms with E-state index >= 15 is 0 Å². The highest BCUT2D eigenvalue weighted by Gasteiger charge is 2.43. The number of hydrogen-bond acceptors (Lipinski definition) is 2. The van der Waals surface area contributed by atoms with Crippen molar-refractivity contribution in [1.29, 1.82) is 0 Å². The molecular weight excluding hydrogens is 200 g/mol. The molecule has 0 atom stereocenters. The summed E-state index contributed by atoms with van der Waals surface area (Å²) in [5.74, 6) is 0.843. The summed E-state index contributed by atoms with van der Waals surface area (Å²) in [6, 6.07) is 0. The molecule has 2 rings (SSSR count). The van der Waals surface area contributed by atoms with Gasteiger partial charge in [0.25, 0.3) is 0 Å². The van der Waals surface area contributed by atoms with Crippen LogP contribution >= 0.6 is 0 Å². The minimum atomic E-state index is 0.359. The van der Waals surface area contributed by atoms with Gasteiger partial charge in [-0.3, -0.25) is 4.79 Å². The maximum atomic E-state index is 11.9. The molecule has 3 nitrogen and oxygen atoms in total. The number of hydrogen-bond donors (Lipinski definition) is 0. The number of amides is 1. The van der Waals surface area contributed by atoms with Crippen molar-refractivity contribution in [3.8, 4) is 0 Å². The number of carbonyl (C=O) groups excluding carboxylic acids is 1. The maximum absolute atomic E-state index is 11.9. The molecule has 0 aromatic rings. The number of likely N-dealkylation sites (tertiary alicyclic amines) is 2. The molecule has 2 heterocycles. The molecular formula is C13H24N2O. The summed E-state index contributed by atoms with van der Waals surface area (Å²) >= 11 is 0. The summed E-state index contributed by atoms with van der Waals surface area (Å²) in [5.41, 5.74) is 0.559. The highest BCUT2D eigenvalue weighted by atomic mass is 16.2. The van der Waals surface area contributed by atoms with Crippen molar-refractivity contribution in [2.45, 2.75) is 33.1 Å². The van der Waals surface area contributed by atoms with Crippen LogP contribution in [0.2, 0.25) is 0 Å². The molecule has 0 aromatic carbocycles. The molecule has 3 heteroatoms. The van der Waals surface area contributed by atoms with Crippen molar-refractivity contribution < 1.29 is 4.79 Å². The van der Waals surface area contributed by atoms with Crippen molar-refractivity contribution in [2.75, 3.05) is 33.2 Å². The lowest BCUT2D eigenvalue weighted by Crippen LogP contribution is -2.59. The average molecular weight is 224 g/mol. The second kappa shape index (κ2) is 4.36. The van der Waals surface area contributed by atoms with E-state index in [1.165, 1.54) is 25.9 Å². The van der Waals surface area contributed by atoms with Gasteiger partial charge in [0.1, 0.15) is 0 Å². The van der Waals surface area contributed by atoms with Gasteiger partial charge in [-0.25, -0.2) is 0 Å². The van der Waals surface area contributed by atoms with Crippen LogP contribution in [-0.4, -0.2) is 48.9 Å². The Morgan fingerprint density at radius 3 is 2.25 bits per heavy atom. The van der Waals surface area contributed by atoms with Gasteiger partial charge in [0, 0.05) is 32.6 Å². The van der Waals surface area contributed by atoms with E-state index in [9.17, 15) is 4.79 Å². The Morgan fingerprint density at radius 2 is 1.81 bits per heavy atom. The minimum Gasteiger partial charge on any atom is -0.343 e. The van der Waals surface area contributed by atoms with E-state index in [4.69, 9.17) is 0 Å². The molecule has 1 spiro atoms. The van der Waals surface area contributed by atoms with Crippen LogP contribution in [0.3, 0.4) is 0 Å². The smallest absolute Gasteiger partial charge is 0.222 e. The fourth-order valence-corrected chi connectivity index (χ4v) is 3.12. The normalized spacial score (nSPS) is 24.9. The summed E-state index contributed by atoms with van der Waals surface area (Å²) in [6.07, 6.45) is 3.13. The molecule has 1 amide bonds. The second-order valence-electron chi connectivity index (χ2n) is 6.15. The van der Waals surface area contributed by atoms with Crippen LogP contribution in [0, 0.1) is 11.3 Å². The fourth-order valence-electron chi connectivity index (χ4n) is 3.12. The zero-order valence-electron chi connectivity index (χ0n) is 10.8. The van der Waals surface area contributed by atoms with E-state index in [-0.39, 0.29) is 0 Å². The number of carbonyl (C=O) groups is 1. The highest BCUT2D eigenvalue weighted by Crippen LogP contribution is 2.39. The van der Waals surface area contributed by atoms with Gasteiger partial charge in [0.2, 0.25) is 5.91 Å². The third kappa shape index (κ3) is 2.40. The van der Waals surface area contributed by atoms with E-state index in [1.807, 2.05) is 0 Å². The Kier molecular flexibility index (Phi) is 3.24. The maximum Gasteiger partial charge on any atom is 0.222 e. The van der Waals surface area contributed by atoms with Crippen molar-refractivity contribution >= 4 is 5.91 Å². The molecule has 16 heavy (non-hydrogen) atoms. The number of rotatable bonds is 2. The monoisotopic (exact) mass is 224 g/mol. The van der Waals surface area contributed by atoms with Gasteiger partial charge in [-0.1, -0.05) is 13.8 Å². The van der Waals surface area contributed by atoms with E-state index in [1.54, 1.807) is 0 Å². The second-order valence-corrected chi connectivity index (χ2v) is 6.15. The van der Waals surface area contributed by atoms with E-state index in [0.717, 1.165) is 13.1 Å². The molecule has 0 bridgehead atoms. The Hall–Kier alpha value is -0.570. The summed E-state index contributed by atoms with van der Waals surface area (Å²) in [7, 11) is 2.18. The first-order valence-electron chi connectivity index (χ1n) is 6.47. The highest BCUT2D eigenvalue weighted by molar-refractivity contribution is 5.76. The van der Waals surface area contributed by atoms with Crippen LogP contribution in [0.4, 0.5) is 0 Å². The molecule has 0 saturated carbocycles. The van der Waals surface area contributed by atoms with Gasteiger partial charge < -0.3 is 9.80 Å². The van der Waals surface area contributed by atoms with Gasteiger partial charge in [-0.15, -0.1) is 0 Å². The van der Waals surface area contributed by atoms with Crippen LogP contribution in [0.1, 0.15) is 33.1 Å². The van der Waals surface area contributed by atoms with E-state index in [2.05, 4.69) is 30.7 Å². The Morgan fingerprint density at radius 1 is 1.25 bits per heavy atom. The van der Waals surface area contributed by atoms with E-state index < -0.39 is 0 Å². The zero-order chi connectivity index (χ0) is 11.8. The van der Waals surface area contributed by atoms with Crippen molar-refractivity contribution in [1.82, 2.24) is 9.80 Å². The average Bonchev–Trinajstić information content (AvgIpc) is 2.15. The predicted octanol–water partition coefficient (Wildman–Crippen LogP) is 1.59. The molecule has 2 fully saturated rings. The summed E-state index contributed by atoms with van der Waals surface area (Å²) in [5, 5.41) is 0. The lowest BCUT2D eigenvalue weighted by molar-refractivity contribution is -0.136. The summed E-state index contributed by atoms with van der Waals surface area (Å²) < 4.78 is 0. The number of piperidine rings is 1. The van der Waals surface area contributed by atoms with Crippen LogP contribution < -0.4 is 0 Å². The Labute approximate surface area is 98.8 Å². The molecule has 0 N–H and O–H groups in total. The molecule has 2 aliphatic heterocycles. The standard InChI is InChI=1S/C13H24N2O/c1-11(2)8-12(16)15-6-4-13(5-7-15)9-14(3)10-13/h11H,4-10H2,1-3H3. The van der Waals surface area contributed by atoms with Crippen LogP contribution in [0.25, 0.3) is 0 Å². The molecule has 0 radical (unpaired) electrons. The third-order valence-corrected chi connectivity index (χ3v) is 3.97. The van der Waals surface area contributed by atoms with Gasteiger partial charge in [0.15, 0.2) is 0 Å². The first-order valence-corrected chi connectivity index (χ1v) is 6.47. The van der Waals surface area contributed by atoms with Crippen LogP contribution in [-0.2, 0) is 4.79 Å². The minimum absolute atomic E-state index is 0.359. The lowest BCUT2D eigenvalue weighted by Gasteiger charge is -2.53. The summed E-state index contributed by atoms with van der Waals surface area (Å²) in [4.78, 5) is 16.4. The third-order valence-electron chi connectivity index (χ3n) is 3.97. The molecule has 0 aliphatic carbocycles. The molecule has 92 valence electrons. The topological polar surface area (TPSA) is 23.6 Å². The number of nitrogens with zero attached hydrogens (tertiary/aromatic N) is 2. The first kappa shape index (κ1) is 11.9. The predicted molar refractivity (Wildman–Crippen MR) is 65.2 cm³/mol. The first-order chi connectivity index (χ1) is 7.51. The van der Waals surface area contributed by atoms with Crippen molar-refractivity contribution in [3.63, 3.8) is 0 Å². The Balaban J connectivity index is 1.79. The van der Waals surface area contributed by atoms with Gasteiger partial charge in [0.05, 0.1) is 0 Å². The van der Waals surface area contributed by atoms with E-state index in [0.29, 0.717) is 23.7 Å². The van der Waals surface area contributed by atoms with Crippen molar-refractivity contribution in [2.24, 2.45) is 11.3 Å². The SMILES string of the molecule is CC(C)CC(=O)N1CCC2(CC1)CN(C)C2. The molecule has 2 saturated heterocycles. The molecule has 0 unspecified atom stereocenters. The zero-order valence-corrected chi connectivity index (χ0v) is 10.8. The van der Waals surface area contributed by atoms with Crippen LogP contribution in [0.5, 0.6) is 0 Å². The van der Waals surface area contributed by atoms with Crippen molar-refractivity contribution in [3.05, 3.63) is 0 Å². The molecule has 0 aromatic heterocycles. The van der Waals surface area contributed by atoms with Gasteiger partial charge >= 0.3 is 0 Å². The fraction of sp³-hybridized carbons (Fsp3) is 0.923.